The van der Waals surface area contributed by atoms with Gasteiger partial charge in [0.25, 0.3) is 0 Å². The summed E-state index contributed by atoms with van der Waals surface area (Å²) in [4.78, 5) is 12.0. The van der Waals surface area contributed by atoms with Crippen molar-refractivity contribution in [3.8, 4) is 5.75 Å². The first-order valence-electron chi connectivity index (χ1n) is 4.87. The van der Waals surface area contributed by atoms with Crippen molar-refractivity contribution in [1.29, 1.82) is 0 Å². The van der Waals surface area contributed by atoms with Gasteiger partial charge in [0.2, 0.25) is 0 Å². The zero-order chi connectivity index (χ0) is 12.4. The number of hydrogen-bond acceptors (Lipinski definition) is 2. The van der Waals surface area contributed by atoms with Gasteiger partial charge >= 0.3 is 0 Å². The van der Waals surface area contributed by atoms with E-state index in [1.54, 1.807) is 30.3 Å². The van der Waals surface area contributed by atoms with Crippen molar-refractivity contribution in [3.05, 3.63) is 63.6 Å². The maximum absolute atomic E-state index is 12.0. The highest BCUT2D eigenvalue weighted by Crippen LogP contribution is 2.24. The highest BCUT2D eigenvalue weighted by atomic mass is 35.5. The third-order valence-electron chi connectivity index (χ3n) is 2.31. The molecular weight excluding hydrogens is 259 g/mol. The van der Waals surface area contributed by atoms with E-state index in [1.165, 1.54) is 12.1 Å². The molecule has 4 heteroatoms. The largest absolute Gasteiger partial charge is 0.507 e. The Kier molecular flexibility index (Phi) is 3.36. The maximum atomic E-state index is 12.0. The van der Waals surface area contributed by atoms with Gasteiger partial charge in [-0.15, -0.1) is 0 Å². The second-order valence-corrected chi connectivity index (χ2v) is 4.37. The van der Waals surface area contributed by atoms with E-state index < -0.39 is 0 Å². The number of benzene rings is 2. The van der Waals surface area contributed by atoms with Gasteiger partial charge in [-0.2, -0.15) is 0 Å². The van der Waals surface area contributed by atoms with Gasteiger partial charge in [0, 0.05) is 15.6 Å². The summed E-state index contributed by atoms with van der Waals surface area (Å²) in [5.74, 6) is -0.395. The molecule has 0 amide bonds. The van der Waals surface area contributed by atoms with Crippen LogP contribution < -0.4 is 0 Å². The second kappa shape index (κ2) is 4.78. The Bertz CT molecular complexity index is 562. The van der Waals surface area contributed by atoms with Crippen LogP contribution in [-0.2, 0) is 0 Å². The minimum absolute atomic E-state index is 0.127. The lowest BCUT2D eigenvalue weighted by Crippen LogP contribution is -2.01. The standard InChI is InChI=1S/C13H8Cl2O2/c14-9-3-1-8(2-4-9)13(17)11-6-5-10(15)7-12(11)16/h1-7,16H. The lowest BCUT2D eigenvalue weighted by Gasteiger charge is -2.04. The number of aromatic hydroxyl groups is 1. The zero-order valence-corrected chi connectivity index (χ0v) is 10.2. The highest BCUT2D eigenvalue weighted by Gasteiger charge is 2.13. The van der Waals surface area contributed by atoms with E-state index in [0.29, 0.717) is 15.6 Å². The van der Waals surface area contributed by atoms with Gasteiger partial charge in [0.05, 0.1) is 5.56 Å². The molecule has 2 nitrogen and oxygen atoms in total. The molecule has 2 aromatic rings. The summed E-state index contributed by atoms with van der Waals surface area (Å²) in [5, 5.41) is 10.6. The summed E-state index contributed by atoms with van der Waals surface area (Å²) in [6, 6.07) is 10.9. The summed E-state index contributed by atoms with van der Waals surface area (Å²) >= 11 is 11.4. The molecule has 1 N–H and O–H groups in total. The molecule has 2 rings (SSSR count). The van der Waals surface area contributed by atoms with Gasteiger partial charge in [-0.05, 0) is 42.5 Å². The Morgan fingerprint density at radius 1 is 0.941 bits per heavy atom. The SMILES string of the molecule is O=C(c1ccc(Cl)cc1)c1ccc(Cl)cc1O. The van der Waals surface area contributed by atoms with Gasteiger partial charge in [0.15, 0.2) is 5.78 Å². The van der Waals surface area contributed by atoms with E-state index in [4.69, 9.17) is 23.2 Å². The molecule has 2 aromatic carbocycles. The molecule has 0 heterocycles. The summed E-state index contributed by atoms with van der Waals surface area (Å²) in [6.07, 6.45) is 0. The molecule has 86 valence electrons. The Hall–Kier alpha value is -1.51. The van der Waals surface area contributed by atoms with Crippen molar-refractivity contribution in [1.82, 2.24) is 0 Å². The monoisotopic (exact) mass is 266 g/mol. The van der Waals surface area contributed by atoms with Gasteiger partial charge in [-0.25, -0.2) is 0 Å². The molecule has 0 aliphatic carbocycles. The molecule has 0 atom stereocenters. The average molecular weight is 267 g/mol. The van der Waals surface area contributed by atoms with Crippen molar-refractivity contribution in [2.45, 2.75) is 0 Å². The summed E-state index contributed by atoms with van der Waals surface area (Å²) in [7, 11) is 0. The Morgan fingerprint density at radius 3 is 2.12 bits per heavy atom. The minimum Gasteiger partial charge on any atom is -0.507 e. The topological polar surface area (TPSA) is 37.3 Å². The predicted molar refractivity (Wildman–Crippen MR) is 68.0 cm³/mol. The number of phenols is 1. The number of carbonyl (C=O) groups excluding carboxylic acids is 1. The minimum atomic E-state index is -0.268. The number of halogens is 2. The van der Waals surface area contributed by atoms with Gasteiger partial charge in [-0.1, -0.05) is 23.2 Å². The van der Waals surface area contributed by atoms with Crippen molar-refractivity contribution in [2.75, 3.05) is 0 Å². The van der Waals surface area contributed by atoms with Crippen molar-refractivity contribution in [2.24, 2.45) is 0 Å². The molecule has 0 radical (unpaired) electrons. The number of hydrogen-bond donors (Lipinski definition) is 1. The van der Waals surface area contributed by atoms with E-state index in [9.17, 15) is 9.90 Å². The quantitative estimate of drug-likeness (QED) is 0.837. The first-order chi connectivity index (χ1) is 8.08. The van der Waals surface area contributed by atoms with Crippen LogP contribution in [0.15, 0.2) is 42.5 Å². The lowest BCUT2D eigenvalue weighted by molar-refractivity contribution is 0.103. The maximum Gasteiger partial charge on any atom is 0.196 e. The summed E-state index contributed by atoms with van der Waals surface area (Å²) < 4.78 is 0. The first-order valence-corrected chi connectivity index (χ1v) is 5.62. The third kappa shape index (κ3) is 2.60. The van der Waals surface area contributed by atoms with E-state index in [0.717, 1.165) is 0 Å². The van der Waals surface area contributed by atoms with Crippen LogP contribution in [0.4, 0.5) is 0 Å². The highest BCUT2D eigenvalue weighted by molar-refractivity contribution is 6.31. The third-order valence-corrected chi connectivity index (χ3v) is 2.80. The molecule has 0 aliphatic rings. The molecular formula is C13H8Cl2O2. The predicted octanol–water partition coefficient (Wildman–Crippen LogP) is 3.93. The van der Waals surface area contributed by atoms with Crippen molar-refractivity contribution in [3.63, 3.8) is 0 Å². The van der Waals surface area contributed by atoms with E-state index in [2.05, 4.69) is 0 Å². The van der Waals surface area contributed by atoms with E-state index in [-0.39, 0.29) is 17.1 Å². The molecule has 0 aliphatic heterocycles. The van der Waals surface area contributed by atoms with Gasteiger partial charge in [0.1, 0.15) is 5.75 Å². The molecule has 0 saturated carbocycles. The molecule has 17 heavy (non-hydrogen) atoms. The zero-order valence-electron chi connectivity index (χ0n) is 8.65. The number of phenolic OH excluding ortho intramolecular Hbond substituents is 1. The van der Waals surface area contributed by atoms with Crippen LogP contribution in [0.25, 0.3) is 0 Å². The van der Waals surface area contributed by atoms with Crippen LogP contribution in [-0.4, -0.2) is 10.9 Å². The number of ketones is 1. The fourth-order valence-corrected chi connectivity index (χ4v) is 1.75. The number of carbonyl (C=O) groups is 1. The van der Waals surface area contributed by atoms with Crippen LogP contribution in [0.3, 0.4) is 0 Å². The van der Waals surface area contributed by atoms with Crippen LogP contribution in [0, 0.1) is 0 Å². The average Bonchev–Trinajstić information content (AvgIpc) is 2.29. The van der Waals surface area contributed by atoms with Gasteiger partial charge in [-0.3, -0.25) is 4.79 Å². The molecule has 0 spiro atoms. The van der Waals surface area contributed by atoms with Gasteiger partial charge < -0.3 is 5.11 Å². The van der Waals surface area contributed by atoms with Crippen LogP contribution in [0.5, 0.6) is 5.75 Å². The molecule has 0 unspecified atom stereocenters. The fraction of sp³-hybridized carbons (Fsp3) is 0. The van der Waals surface area contributed by atoms with Crippen molar-refractivity contribution < 1.29 is 9.90 Å². The van der Waals surface area contributed by atoms with Crippen LogP contribution in [0.2, 0.25) is 10.0 Å². The molecule has 0 fully saturated rings. The Morgan fingerprint density at radius 2 is 1.53 bits per heavy atom. The molecule has 0 saturated heterocycles. The second-order valence-electron chi connectivity index (χ2n) is 3.50. The van der Waals surface area contributed by atoms with Crippen molar-refractivity contribution >= 4 is 29.0 Å². The van der Waals surface area contributed by atoms with Crippen LogP contribution in [0.1, 0.15) is 15.9 Å². The Balaban J connectivity index is 2.40. The summed E-state index contributed by atoms with van der Waals surface area (Å²) in [6.45, 7) is 0. The Labute approximate surface area is 108 Å². The summed E-state index contributed by atoms with van der Waals surface area (Å²) in [5.41, 5.74) is 0.684. The molecule has 0 aromatic heterocycles. The van der Waals surface area contributed by atoms with E-state index >= 15 is 0 Å². The fourth-order valence-electron chi connectivity index (χ4n) is 1.45. The number of rotatable bonds is 2. The lowest BCUT2D eigenvalue weighted by atomic mass is 10.0. The molecule has 0 bridgehead atoms. The first kappa shape index (κ1) is 12.0. The normalized spacial score (nSPS) is 10.2. The van der Waals surface area contributed by atoms with Crippen LogP contribution >= 0.6 is 23.2 Å². The smallest absolute Gasteiger partial charge is 0.196 e. The van der Waals surface area contributed by atoms with E-state index in [1.807, 2.05) is 0 Å².